The Morgan fingerprint density at radius 2 is 1.71 bits per heavy atom. The first kappa shape index (κ1) is 20.4. The van der Waals surface area contributed by atoms with Gasteiger partial charge in [-0.2, -0.15) is 0 Å². The van der Waals surface area contributed by atoms with Crippen LogP contribution < -0.4 is 15.4 Å². The van der Waals surface area contributed by atoms with Gasteiger partial charge in [-0.15, -0.1) is 0 Å². The number of nitrogens with one attached hydrogen (secondary N) is 3. The summed E-state index contributed by atoms with van der Waals surface area (Å²) in [5, 5.41) is 5.57. The van der Waals surface area contributed by atoms with Gasteiger partial charge in [-0.25, -0.2) is 9.78 Å². The molecule has 2 heterocycles. The highest BCUT2D eigenvalue weighted by Gasteiger charge is 2.06. The van der Waals surface area contributed by atoms with Crippen LogP contribution in [0.5, 0.6) is 0 Å². The van der Waals surface area contributed by atoms with Gasteiger partial charge in [0.15, 0.2) is 0 Å². The lowest BCUT2D eigenvalue weighted by molar-refractivity contribution is 0.251. The number of hydrogen-bond acceptors (Lipinski definition) is 5. The van der Waals surface area contributed by atoms with Crippen molar-refractivity contribution in [3.63, 3.8) is 0 Å². The highest BCUT2D eigenvalue weighted by atomic mass is 32.2. The standard InChI is InChI=1S/C24H21N5OS/c30-24(27-16-18-7-6-14-25-15-18)28-20-12-13-23(26-17-20)29-31-22-11-5-4-10-21(22)19-8-2-1-3-9-19/h1-15,17H,16H2,(H,26,29)(H2,27,28,30). The predicted octanol–water partition coefficient (Wildman–Crippen LogP) is 5.58. The number of benzene rings is 2. The maximum atomic E-state index is 12.1. The number of pyridine rings is 2. The molecular weight excluding hydrogens is 406 g/mol. The average molecular weight is 428 g/mol. The molecule has 0 unspecified atom stereocenters. The van der Waals surface area contributed by atoms with Gasteiger partial charge in [0.2, 0.25) is 0 Å². The molecule has 0 saturated heterocycles. The second-order valence-electron chi connectivity index (χ2n) is 6.67. The van der Waals surface area contributed by atoms with Gasteiger partial charge < -0.3 is 15.4 Å². The summed E-state index contributed by atoms with van der Waals surface area (Å²) < 4.78 is 3.27. The lowest BCUT2D eigenvalue weighted by Gasteiger charge is -2.11. The van der Waals surface area contributed by atoms with E-state index >= 15 is 0 Å². The van der Waals surface area contributed by atoms with Crippen LogP contribution in [0.4, 0.5) is 16.3 Å². The fourth-order valence-corrected chi connectivity index (χ4v) is 3.69. The van der Waals surface area contributed by atoms with Crippen molar-refractivity contribution in [2.24, 2.45) is 0 Å². The maximum absolute atomic E-state index is 12.1. The van der Waals surface area contributed by atoms with Crippen LogP contribution in [0.3, 0.4) is 0 Å². The van der Waals surface area contributed by atoms with Gasteiger partial charge in [-0.1, -0.05) is 54.6 Å². The van der Waals surface area contributed by atoms with Crippen molar-refractivity contribution in [2.75, 3.05) is 10.0 Å². The third-order valence-electron chi connectivity index (χ3n) is 4.43. The summed E-state index contributed by atoms with van der Waals surface area (Å²) in [5.41, 5.74) is 3.87. The van der Waals surface area contributed by atoms with Gasteiger partial charge in [-0.3, -0.25) is 4.98 Å². The normalized spacial score (nSPS) is 10.3. The first-order valence-electron chi connectivity index (χ1n) is 9.75. The number of anilines is 2. The van der Waals surface area contributed by atoms with Crippen LogP contribution in [0, 0.1) is 0 Å². The molecule has 31 heavy (non-hydrogen) atoms. The Hall–Kier alpha value is -3.84. The lowest BCUT2D eigenvalue weighted by atomic mass is 10.1. The molecule has 0 fully saturated rings. The molecular formula is C24H21N5OS. The van der Waals surface area contributed by atoms with Gasteiger partial charge in [0, 0.05) is 23.8 Å². The Morgan fingerprint density at radius 3 is 2.48 bits per heavy atom. The molecule has 154 valence electrons. The van der Waals surface area contributed by atoms with Crippen molar-refractivity contribution in [1.82, 2.24) is 15.3 Å². The van der Waals surface area contributed by atoms with Crippen molar-refractivity contribution < 1.29 is 4.79 Å². The quantitative estimate of drug-likeness (QED) is 0.335. The van der Waals surface area contributed by atoms with Crippen LogP contribution in [-0.2, 0) is 6.54 Å². The van der Waals surface area contributed by atoms with Crippen LogP contribution in [0.1, 0.15) is 5.56 Å². The van der Waals surface area contributed by atoms with E-state index in [0.717, 1.165) is 21.6 Å². The van der Waals surface area contributed by atoms with E-state index in [2.05, 4.69) is 49.6 Å². The molecule has 3 N–H and O–H groups in total. The van der Waals surface area contributed by atoms with E-state index in [1.807, 2.05) is 54.6 Å². The third kappa shape index (κ3) is 5.83. The highest BCUT2D eigenvalue weighted by molar-refractivity contribution is 8.00. The number of nitrogens with zero attached hydrogens (tertiary/aromatic N) is 2. The Bertz CT molecular complexity index is 1120. The highest BCUT2D eigenvalue weighted by Crippen LogP contribution is 2.31. The number of carbonyl (C=O) groups is 1. The SMILES string of the molecule is O=C(NCc1cccnc1)Nc1ccc(NSc2ccccc2-c2ccccc2)nc1. The van der Waals surface area contributed by atoms with Gasteiger partial charge in [0.25, 0.3) is 0 Å². The van der Waals surface area contributed by atoms with Crippen LogP contribution in [0.15, 0.2) is 102 Å². The third-order valence-corrected chi connectivity index (χ3v) is 5.32. The second-order valence-corrected chi connectivity index (χ2v) is 7.52. The van der Waals surface area contributed by atoms with Gasteiger partial charge in [0.1, 0.15) is 5.82 Å². The minimum Gasteiger partial charge on any atom is -0.334 e. The average Bonchev–Trinajstić information content (AvgIpc) is 2.84. The van der Waals surface area contributed by atoms with Gasteiger partial charge in [0.05, 0.1) is 11.9 Å². The zero-order valence-electron chi connectivity index (χ0n) is 16.7. The molecule has 0 bridgehead atoms. The van der Waals surface area contributed by atoms with Crippen molar-refractivity contribution in [1.29, 1.82) is 0 Å². The smallest absolute Gasteiger partial charge is 0.319 e. The van der Waals surface area contributed by atoms with E-state index in [4.69, 9.17) is 0 Å². The summed E-state index contributed by atoms with van der Waals surface area (Å²) in [5.74, 6) is 0.703. The second kappa shape index (κ2) is 10.3. The fraction of sp³-hybridized carbons (Fsp3) is 0.0417. The number of amides is 2. The fourth-order valence-electron chi connectivity index (χ4n) is 2.91. The number of carbonyl (C=O) groups excluding carboxylic acids is 1. The van der Waals surface area contributed by atoms with Crippen molar-refractivity contribution in [2.45, 2.75) is 11.4 Å². The monoisotopic (exact) mass is 427 g/mol. The molecule has 0 atom stereocenters. The van der Waals surface area contributed by atoms with Crippen LogP contribution in [-0.4, -0.2) is 16.0 Å². The first-order valence-corrected chi connectivity index (χ1v) is 10.6. The Labute approximate surface area is 185 Å². The predicted molar refractivity (Wildman–Crippen MR) is 126 cm³/mol. The van der Waals surface area contributed by atoms with Gasteiger partial charge in [-0.05, 0) is 52.9 Å². The topological polar surface area (TPSA) is 78.9 Å². The Morgan fingerprint density at radius 1 is 0.871 bits per heavy atom. The maximum Gasteiger partial charge on any atom is 0.319 e. The molecule has 2 aromatic carbocycles. The molecule has 4 rings (SSSR count). The minimum atomic E-state index is -0.294. The van der Waals surface area contributed by atoms with E-state index in [9.17, 15) is 4.79 Å². The van der Waals surface area contributed by atoms with Crippen LogP contribution in [0.2, 0.25) is 0 Å². The number of urea groups is 1. The summed E-state index contributed by atoms with van der Waals surface area (Å²) in [7, 11) is 0. The zero-order chi connectivity index (χ0) is 21.3. The summed E-state index contributed by atoms with van der Waals surface area (Å²) in [4.78, 5) is 21.6. The molecule has 2 amide bonds. The molecule has 2 aromatic heterocycles. The summed E-state index contributed by atoms with van der Waals surface area (Å²) >= 11 is 1.50. The number of aromatic nitrogens is 2. The molecule has 0 spiro atoms. The number of rotatable bonds is 7. The van der Waals surface area contributed by atoms with Gasteiger partial charge >= 0.3 is 6.03 Å². The molecule has 0 aliphatic rings. The van der Waals surface area contributed by atoms with E-state index in [1.54, 1.807) is 18.6 Å². The number of hydrogen-bond donors (Lipinski definition) is 3. The van der Waals surface area contributed by atoms with Crippen LogP contribution in [0.25, 0.3) is 11.1 Å². The minimum absolute atomic E-state index is 0.294. The molecule has 6 nitrogen and oxygen atoms in total. The molecule has 7 heteroatoms. The van der Waals surface area contributed by atoms with Crippen LogP contribution >= 0.6 is 11.9 Å². The Kier molecular flexibility index (Phi) is 6.77. The van der Waals surface area contributed by atoms with Crippen molar-refractivity contribution >= 4 is 29.5 Å². The van der Waals surface area contributed by atoms with E-state index in [0.29, 0.717) is 18.1 Å². The Balaban J connectivity index is 1.32. The summed E-state index contributed by atoms with van der Waals surface area (Å²) in [6.45, 7) is 0.407. The zero-order valence-corrected chi connectivity index (χ0v) is 17.5. The molecule has 0 aliphatic carbocycles. The molecule has 4 aromatic rings. The van der Waals surface area contributed by atoms with Crippen molar-refractivity contribution in [3.8, 4) is 11.1 Å². The molecule has 0 radical (unpaired) electrons. The molecule has 0 saturated carbocycles. The van der Waals surface area contributed by atoms with E-state index in [-0.39, 0.29) is 6.03 Å². The lowest BCUT2D eigenvalue weighted by Crippen LogP contribution is -2.28. The first-order chi connectivity index (χ1) is 15.3. The molecule has 0 aliphatic heterocycles. The largest absolute Gasteiger partial charge is 0.334 e. The van der Waals surface area contributed by atoms with Crippen molar-refractivity contribution in [3.05, 3.63) is 103 Å². The van der Waals surface area contributed by atoms with E-state index in [1.165, 1.54) is 11.9 Å². The summed E-state index contributed by atoms with van der Waals surface area (Å²) in [6, 6.07) is 25.6. The summed E-state index contributed by atoms with van der Waals surface area (Å²) in [6.07, 6.45) is 5.04. The van der Waals surface area contributed by atoms with E-state index < -0.39 is 0 Å².